The zero-order chi connectivity index (χ0) is 24.3. The number of fused-ring (bicyclic) bond motifs is 1. The highest BCUT2D eigenvalue weighted by molar-refractivity contribution is 7.89. The van der Waals surface area contributed by atoms with Crippen molar-refractivity contribution in [1.29, 1.82) is 0 Å². The van der Waals surface area contributed by atoms with Gasteiger partial charge in [0.1, 0.15) is 0 Å². The van der Waals surface area contributed by atoms with Gasteiger partial charge < -0.3 is 10.2 Å². The van der Waals surface area contributed by atoms with Gasteiger partial charge in [-0.2, -0.15) is 4.31 Å². The molecule has 8 heteroatoms. The van der Waals surface area contributed by atoms with Crippen molar-refractivity contribution in [2.24, 2.45) is 0 Å². The van der Waals surface area contributed by atoms with E-state index in [0.29, 0.717) is 17.8 Å². The van der Waals surface area contributed by atoms with Crippen LogP contribution in [0.4, 0.5) is 5.69 Å². The summed E-state index contributed by atoms with van der Waals surface area (Å²) in [5.74, 6) is -0.672. The number of likely N-dealkylation sites (N-methyl/N-ethyl adjacent to an activating group) is 1. The molecule has 1 fully saturated rings. The van der Waals surface area contributed by atoms with Crippen molar-refractivity contribution in [3.63, 3.8) is 0 Å². The van der Waals surface area contributed by atoms with E-state index in [4.69, 9.17) is 0 Å². The number of nitrogens with one attached hydrogen (secondary N) is 1. The molecule has 2 amide bonds. The highest BCUT2D eigenvalue weighted by atomic mass is 32.2. The van der Waals surface area contributed by atoms with Crippen molar-refractivity contribution in [3.8, 4) is 0 Å². The topological polar surface area (TPSA) is 86.8 Å². The molecule has 0 bridgehead atoms. The standard InChI is InChI=1S/C26H29N3O4S/c1-19-8-5-6-17-29(19)34(32,33)22-15-13-21(14-16-22)26(31)28(2)18-25(30)27-24-12-7-10-20-9-3-4-11-23(20)24/h3-4,7,9-16,19H,5-6,8,17-18H2,1-2H3,(H,27,30)/t19-/m0/s1. The first-order valence-corrected chi connectivity index (χ1v) is 12.9. The van der Waals surface area contributed by atoms with Gasteiger partial charge in [-0.3, -0.25) is 9.59 Å². The number of carbonyl (C=O) groups is 2. The van der Waals surface area contributed by atoms with Gasteiger partial charge in [-0.25, -0.2) is 8.42 Å². The van der Waals surface area contributed by atoms with Gasteiger partial charge in [0.2, 0.25) is 15.9 Å². The van der Waals surface area contributed by atoms with E-state index < -0.39 is 10.0 Å². The van der Waals surface area contributed by atoms with E-state index in [-0.39, 0.29) is 29.3 Å². The van der Waals surface area contributed by atoms with Gasteiger partial charge in [0.15, 0.2) is 0 Å². The third-order valence-corrected chi connectivity index (χ3v) is 8.27. The third kappa shape index (κ3) is 4.98. The quantitative estimate of drug-likeness (QED) is 0.576. The second kappa shape index (κ2) is 9.95. The van der Waals surface area contributed by atoms with E-state index in [1.165, 1.54) is 33.5 Å². The van der Waals surface area contributed by atoms with E-state index >= 15 is 0 Å². The molecular formula is C26H29N3O4S. The Kier molecular flexibility index (Phi) is 7.00. The minimum Gasteiger partial charge on any atom is -0.332 e. The van der Waals surface area contributed by atoms with Gasteiger partial charge in [-0.05, 0) is 55.5 Å². The lowest BCUT2D eigenvalue weighted by atomic mass is 10.1. The Bertz CT molecular complexity index is 1300. The molecule has 3 aromatic carbocycles. The van der Waals surface area contributed by atoms with Crippen LogP contribution in [-0.4, -0.2) is 55.6 Å². The summed E-state index contributed by atoms with van der Waals surface area (Å²) in [6.07, 6.45) is 2.73. The summed E-state index contributed by atoms with van der Waals surface area (Å²) in [5, 5.41) is 4.81. The van der Waals surface area contributed by atoms with E-state index in [2.05, 4.69) is 5.32 Å². The smallest absolute Gasteiger partial charge is 0.254 e. The van der Waals surface area contributed by atoms with Gasteiger partial charge in [0.05, 0.1) is 11.4 Å². The first-order chi connectivity index (χ1) is 16.3. The van der Waals surface area contributed by atoms with Gasteiger partial charge in [0, 0.05) is 36.3 Å². The van der Waals surface area contributed by atoms with Crippen LogP contribution >= 0.6 is 0 Å². The Hall–Kier alpha value is -3.23. The van der Waals surface area contributed by atoms with Crippen LogP contribution in [0, 0.1) is 0 Å². The summed E-state index contributed by atoms with van der Waals surface area (Å²) in [6, 6.07) is 19.3. The fourth-order valence-electron chi connectivity index (χ4n) is 4.37. The number of nitrogens with zero attached hydrogens (tertiary/aromatic N) is 2. The molecule has 4 rings (SSSR count). The summed E-state index contributed by atoms with van der Waals surface area (Å²) in [5.41, 5.74) is 1.01. The molecule has 178 valence electrons. The highest BCUT2D eigenvalue weighted by Gasteiger charge is 2.31. The maximum atomic E-state index is 13.0. The maximum Gasteiger partial charge on any atom is 0.254 e. The molecule has 0 aromatic heterocycles. The molecule has 1 atom stereocenters. The molecule has 3 aromatic rings. The molecule has 1 N–H and O–H groups in total. The number of hydrogen-bond donors (Lipinski definition) is 1. The Morgan fingerprint density at radius 2 is 1.71 bits per heavy atom. The molecule has 0 unspecified atom stereocenters. The van der Waals surface area contributed by atoms with Crippen LogP contribution in [0.15, 0.2) is 71.6 Å². The van der Waals surface area contributed by atoms with Crippen molar-refractivity contribution in [2.75, 3.05) is 25.5 Å². The monoisotopic (exact) mass is 479 g/mol. The summed E-state index contributed by atoms with van der Waals surface area (Å²) >= 11 is 0. The molecule has 1 aliphatic heterocycles. The Morgan fingerprint density at radius 3 is 2.44 bits per heavy atom. The molecule has 0 radical (unpaired) electrons. The van der Waals surface area contributed by atoms with Crippen LogP contribution in [0.2, 0.25) is 0 Å². The number of benzene rings is 3. The molecular weight excluding hydrogens is 450 g/mol. The van der Waals surface area contributed by atoms with Crippen LogP contribution in [0.25, 0.3) is 10.8 Å². The summed E-state index contributed by atoms with van der Waals surface area (Å²) in [4.78, 5) is 26.9. The fourth-order valence-corrected chi connectivity index (χ4v) is 6.06. The van der Waals surface area contributed by atoms with Crippen molar-refractivity contribution in [3.05, 3.63) is 72.3 Å². The van der Waals surface area contributed by atoms with Crippen molar-refractivity contribution < 1.29 is 18.0 Å². The zero-order valence-corrected chi connectivity index (χ0v) is 20.2. The van der Waals surface area contributed by atoms with Crippen LogP contribution < -0.4 is 5.32 Å². The predicted octanol–water partition coefficient (Wildman–Crippen LogP) is 4.11. The maximum absolute atomic E-state index is 13.0. The summed E-state index contributed by atoms with van der Waals surface area (Å²) < 4.78 is 27.5. The number of piperidine rings is 1. The van der Waals surface area contributed by atoms with Gasteiger partial charge in [-0.1, -0.05) is 42.8 Å². The van der Waals surface area contributed by atoms with Gasteiger partial charge >= 0.3 is 0 Å². The normalized spacial score (nSPS) is 16.8. The van der Waals surface area contributed by atoms with Crippen molar-refractivity contribution >= 4 is 38.3 Å². The molecule has 1 saturated heterocycles. The number of carbonyl (C=O) groups excluding carboxylic acids is 2. The van der Waals surface area contributed by atoms with Crippen LogP contribution in [0.1, 0.15) is 36.5 Å². The summed E-state index contributed by atoms with van der Waals surface area (Å²) in [6.45, 7) is 2.30. The van der Waals surface area contributed by atoms with Crippen LogP contribution in [-0.2, 0) is 14.8 Å². The van der Waals surface area contributed by atoms with Gasteiger partial charge in [-0.15, -0.1) is 0 Å². The average Bonchev–Trinajstić information content (AvgIpc) is 2.84. The minimum absolute atomic E-state index is 0.0357. The highest BCUT2D eigenvalue weighted by Crippen LogP contribution is 2.26. The van der Waals surface area contributed by atoms with E-state index in [9.17, 15) is 18.0 Å². The van der Waals surface area contributed by atoms with Gasteiger partial charge in [0.25, 0.3) is 5.91 Å². The number of rotatable bonds is 6. The lowest BCUT2D eigenvalue weighted by molar-refractivity contribution is -0.116. The molecule has 0 spiro atoms. The molecule has 0 aliphatic carbocycles. The van der Waals surface area contributed by atoms with Crippen LogP contribution in [0.3, 0.4) is 0 Å². The Morgan fingerprint density at radius 1 is 1.00 bits per heavy atom. The third-order valence-electron chi connectivity index (χ3n) is 6.24. The number of amides is 2. The fraction of sp³-hybridized carbons (Fsp3) is 0.308. The Labute approximate surface area is 200 Å². The largest absolute Gasteiger partial charge is 0.332 e. The second-order valence-corrected chi connectivity index (χ2v) is 10.6. The van der Waals surface area contributed by atoms with Crippen LogP contribution in [0.5, 0.6) is 0 Å². The molecule has 1 heterocycles. The molecule has 34 heavy (non-hydrogen) atoms. The Balaban J connectivity index is 1.42. The number of hydrogen-bond acceptors (Lipinski definition) is 4. The minimum atomic E-state index is -3.60. The van der Waals surface area contributed by atoms with E-state index in [0.717, 1.165) is 30.0 Å². The summed E-state index contributed by atoms with van der Waals surface area (Å²) in [7, 11) is -2.05. The van der Waals surface area contributed by atoms with E-state index in [1.807, 2.05) is 49.4 Å². The molecule has 1 aliphatic rings. The van der Waals surface area contributed by atoms with E-state index in [1.54, 1.807) is 7.05 Å². The predicted molar refractivity (Wildman–Crippen MR) is 133 cm³/mol. The molecule has 0 saturated carbocycles. The number of anilines is 1. The SMILES string of the molecule is C[C@H]1CCCCN1S(=O)(=O)c1ccc(C(=O)N(C)CC(=O)Nc2cccc3ccccc23)cc1. The van der Waals surface area contributed by atoms with Crippen molar-refractivity contribution in [1.82, 2.24) is 9.21 Å². The lowest BCUT2D eigenvalue weighted by Crippen LogP contribution is -2.41. The lowest BCUT2D eigenvalue weighted by Gasteiger charge is -2.32. The van der Waals surface area contributed by atoms with Crippen molar-refractivity contribution in [2.45, 2.75) is 37.1 Å². The first-order valence-electron chi connectivity index (χ1n) is 11.4. The zero-order valence-electron chi connectivity index (χ0n) is 19.4. The molecule has 7 nitrogen and oxygen atoms in total. The second-order valence-electron chi connectivity index (χ2n) is 8.72. The average molecular weight is 480 g/mol. The first kappa shape index (κ1) is 23.9. The number of sulfonamides is 1.